The third-order valence-electron chi connectivity index (χ3n) is 7.96. The lowest BCUT2D eigenvalue weighted by atomic mass is 10.1. The van der Waals surface area contributed by atoms with Crippen molar-refractivity contribution >= 4 is 21.8 Å². The molecule has 8 aromatic rings. The summed E-state index contributed by atoms with van der Waals surface area (Å²) in [4.78, 5) is 17.8. The maximum absolute atomic E-state index is 6.38. The molecule has 0 aliphatic heterocycles. The maximum atomic E-state index is 6.38. The van der Waals surface area contributed by atoms with Crippen LogP contribution in [0.1, 0.15) is 11.1 Å². The lowest BCUT2D eigenvalue weighted by Gasteiger charge is -2.12. The van der Waals surface area contributed by atoms with E-state index in [4.69, 9.17) is 18.9 Å². The third-order valence-corrected chi connectivity index (χ3v) is 7.96. The van der Waals surface area contributed by atoms with Crippen LogP contribution in [0.25, 0.3) is 27.8 Å². The average Bonchev–Trinajstić information content (AvgIpc) is 3.45. The van der Waals surface area contributed by atoms with Gasteiger partial charge in [0.25, 0.3) is 0 Å². The molecule has 0 radical (unpaired) electrons. The van der Waals surface area contributed by atoms with Crippen LogP contribution in [0.15, 0.2) is 140 Å². The van der Waals surface area contributed by atoms with E-state index in [0.717, 1.165) is 32.9 Å². The predicted octanol–water partition coefficient (Wildman–Crippen LogP) is 10.1. The van der Waals surface area contributed by atoms with E-state index in [-0.39, 0.29) is 0 Å². The van der Waals surface area contributed by atoms with Crippen molar-refractivity contribution in [3.05, 3.63) is 151 Å². The van der Waals surface area contributed by atoms with Crippen LogP contribution in [0.2, 0.25) is 0 Å². The van der Waals surface area contributed by atoms with Crippen LogP contribution in [0.3, 0.4) is 0 Å². The second kappa shape index (κ2) is 12.8. The molecule has 0 aliphatic carbocycles. The lowest BCUT2D eigenvalue weighted by molar-refractivity contribution is 0.446. The first-order valence-corrected chi connectivity index (χ1v) is 15.7. The monoisotopic (exact) mass is 643 g/mol. The van der Waals surface area contributed by atoms with E-state index in [1.165, 1.54) is 0 Å². The van der Waals surface area contributed by atoms with Crippen LogP contribution < -0.4 is 18.9 Å². The number of aryl methyl sites for hydroxylation is 2. The van der Waals surface area contributed by atoms with Gasteiger partial charge in [0.1, 0.15) is 34.5 Å². The van der Waals surface area contributed by atoms with Crippen LogP contribution in [0.5, 0.6) is 46.3 Å². The maximum Gasteiger partial charge on any atom is 0.234 e. The quantitative estimate of drug-likeness (QED) is 0.153. The Bertz CT molecular complexity index is 2270. The van der Waals surface area contributed by atoms with Gasteiger partial charge in [-0.25, -0.2) is 19.9 Å². The number of aromatic nitrogens is 5. The van der Waals surface area contributed by atoms with E-state index >= 15 is 0 Å². The molecule has 4 aromatic carbocycles. The summed E-state index contributed by atoms with van der Waals surface area (Å²) in [5, 5.41) is 2.04. The van der Waals surface area contributed by atoms with Crippen molar-refractivity contribution in [2.75, 3.05) is 0 Å². The average molecular weight is 644 g/mol. The Morgan fingerprint density at radius 1 is 0.429 bits per heavy atom. The molecule has 0 bridgehead atoms. The number of ether oxygens (including phenoxy) is 4. The molecule has 0 saturated heterocycles. The molecule has 9 heteroatoms. The molecule has 9 nitrogen and oxygen atoms in total. The van der Waals surface area contributed by atoms with Crippen LogP contribution in [-0.2, 0) is 0 Å². The van der Waals surface area contributed by atoms with Crippen molar-refractivity contribution in [2.24, 2.45) is 0 Å². The number of benzene rings is 4. The zero-order chi connectivity index (χ0) is 33.2. The first-order chi connectivity index (χ1) is 24.1. The minimum atomic E-state index is 0.514. The van der Waals surface area contributed by atoms with Crippen molar-refractivity contribution in [2.45, 2.75) is 13.8 Å². The van der Waals surface area contributed by atoms with Gasteiger partial charge >= 0.3 is 0 Å². The molecule has 4 heterocycles. The standard InChI is InChI=1S/C40H29N5O4/c1-26-10-12-30(24-36(26)48-38-8-3-5-18-41-38)46-28-14-16-32-33-17-15-29(23-35(33)45(34(32)22-28)40-43-20-7-21-44-40)47-31-13-11-27(2)37(25-31)49-39-9-4-6-19-42-39/h3-25H,1-2H3. The van der Waals surface area contributed by atoms with E-state index in [9.17, 15) is 0 Å². The summed E-state index contributed by atoms with van der Waals surface area (Å²) in [6, 6.07) is 36.4. The summed E-state index contributed by atoms with van der Waals surface area (Å²) in [6.07, 6.45) is 6.85. The highest BCUT2D eigenvalue weighted by Gasteiger charge is 2.17. The van der Waals surface area contributed by atoms with E-state index in [1.807, 2.05) is 128 Å². The van der Waals surface area contributed by atoms with E-state index in [1.54, 1.807) is 30.9 Å². The van der Waals surface area contributed by atoms with Gasteiger partial charge in [-0.05, 0) is 79.6 Å². The van der Waals surface area contributed by atoms with Gasteiger partial charge in [0, 0.05) is 72.0 Å². The van der Waals surface area contributed by atoms with E-state index in [2.05, 4.69) is 19.9 Å². The van der Waals surface area contributed by atoms with Gasteiger partial charge in [0.2, 0.25) is 17.7 Å². The van der Waals surface area contributed by atoms with Crippen LogP contribution >= 0.6 is 0 Å². The summed E-state index contributed by atoms with van der Waals surface area (Å²) in [5.41, 5.74) is 3.70. The second-order valence-electron chi connectivity index (χ2n) is 11.3. The number of hydrogen-bond donors (Lipinski definition) is 0. The summed E-state index contributed by atoms with van der Waals surface area (Å²) in [6.45, 7) is 3.97. The van der Waals surface area contributed by atoms with Crippen molar-refractivity contribution in [3.63, 3.8) is 0 Å². The van der Waals surface area contributed by atoms with Crippen LogP contribution in [0, 0.1) is 13.8 Å². The highest BCUT2D eigenvalue weighted by atomic mass is 16.5. The molecule has 238 valence electrons. The molecule has 0 amide bonds. The summed E-state index contributed by atoms with van der Waals surface area (Å²) < 4.78 is 26.8. The Kier molecular flexibility index (Phi) is 7.75. The Labute approximate surface area is 282 Å². The molecule has 0 spiro atoms. The first-order valence-electron chi connectivity index (χ1n) is 15.7. The molecule has 4 aromatic heterocycles. The van der Waals surface area contributed by atoms with Gasteiger partial charge in [0.15, 0.2) is 0 Å². The summed E-state index contributed by atoms with van der Waals surface area (Å²) in [7, 11) is 0. The third kappa shape index (κ3) is 6.20. The zero-order valence-corrected chi connectivity index (χ0v) is 26.6. The highest BCUT2D eigenvalue weighted by Crippen LogP contribution is 2.38. The Hall–Kier alpha value is -6.74. The number of rotatable bonds is 9. The predicted molar refractivity (Wildman–Crippen MR) is 187 cm³/mol. The molecule has 49 heavy (non-hydrogen) atoms. The fraction of sp³-hybridized carbons (Fsp3) is 0.0500. The van der Waals surface area contributed by atoms with Gasteiger partial charge < -0.3 is 18.9 Å². The molecule has 0 atom stereocenters. The molecule has 0 N–H and O–H groups in total. The minimum absolute atomic E-state index is 0.514. The molecular formula is C40H29N5O4. The van der Waals surface area contributed by atoms with Crippen LogP contribution in [0.4, 0.5) is 0 Å². The fourth-order valence-electron chi connectivity index (χ4n) is 5.55. The molecule has 0 saturated carbocycles. The van der Waals surface area contributed by atoms with Gasteiger partial charge in [-0.15, -0.1) is 0 Å². The highest BCUT2D eigenvalue weighted by molar-refractivity contribution is 6.09. The van der Waals surface area contributed by atoms with E-state index < -0.39 is 0 Å². The van der Waals surface area contributed by atoms with Crippen molar-refractivity contribution < 1.29 is 18.9 Å². The number of nitrogens with zero attached hydrogens (tertiary/aromatic N) is 5. The Morgan fingerprint density at radius 2 is 0.878 bits per heavy atom. The fourth-order valence-corrected chi connectivity index (χ4v) is 5.55. The van der Waals surface area contributed by atoms with Crippen molar-refractivity contribution in [1.82, 2.24) is 24.5 Å². The minimum Gasteiger partial charge on any atom is -0.457 e. The zero-order valence-electron chi connectivity index (χ0n) is 26.6. The van der Waals surface area contributed by atoms with Crippen LogP contribution in [-0.4, -0.2) is 24.5 Å². The number of pyridine rings is 2. The first kappa shape index (κ1) is 29.6. The number of fused-ring (bicyclic) bond motifs is 3. The molecule has 0 aliphatic rings. The van der Waals surface area contributed by atoms with Crippen molar-refractivity contribution in [3.8, 4) is 52.2 Å². The summed E-state index contributed by atoms with van der Waals surface area (Å²) >= 11 is 0. The molecular weight excluding hydrogens is 614 g/mol. The van der Waals surface area contributed by atoms with Crippen molar-refractivity contribution in [1.29, 1.82) is 0 Å². The molecule has 0 fully saturated rings. The molecule has 0 unspecified atom stereocenters. The van der Waals surface area contributed by atoms with E-state index in [0.29, 0.717) is 52.2 Å². The van der Waals surface area contributed by atoms with Gasteiger partial charge in [-0.2, -0.15) is 0 Å². The second-order valence-corrected chi connectivity index (χ2v) is 11.3. The SMILES string of the molecule is Cc1ccc(Oc2ccc3c4ccc(Oc5ccc(C)c(Oc6ccccn6)c5)cc4n(-c4ncccn4)c3c2)cc1Oc1ccccn1. The lowest BCUT2D eigenvalue weighted by Crippen LogP contribution is -2.00. The normalized spacial score (nSPS) is 11.1. The topological polar surface area (TPSA) is 93.4 Å². The van der Waals surface area contributed by atoms with Gasteiger partial charge in [0.05, 0.1) is 11.0 Å². The largest absolute Gasteiger partial charge is 0.457 e. The Morgan fingerprint density at radius 3 is 1.35 bits per heavy atom. The smallest absolute Gasteiger partial charge is 0.234 e. The van der Waals surface area contributed by atoms with Gasteiger partial charge in [-0.1, -0.05) is 24.3 Å². The summed E-state index contributed by atoms with van der Waals surface area (Å²) in [5.74, 6) is 5.46. The Balaban J connectivity index is 1.15. The molecule has 8 rings (SSSR count). The number of hydrogen-bond acceptors (Lipinski definition) is 8. The van der Waals surface area contributed by atoms with Gasteiger partial charge in [-0.3, -0.25) is 4.57 Å².